The Kier molecular flexibility index (Phi) is 4.76. The van der Waals surface area contributed by atoms with E-state index in [1.165, 1.54) is 0 Å². The number of ether oxygens (including phenoxy) is 1. The summed E-state index contributed by atoms with van der Waals surface area (Å²) in [6, 6.07) is 9.68. The summed E-state index contributed by atoms with van der Waals surface area (Å²) in [7, 11) is 0. The summed E-state index contributed by atoms with van der Waals surface area (Å²) in [4.78, 5) is 25.8. The second-order valence-corrected chi connectivity index (χ2v) is 4.41. The number of aromatic amines is 1. The minimum Gasteiger partial charge on any atom is -0.466 e. The molecule has 5 heteroatoms. The minimum atomic E-state index is -0.225. The molecule has 0 saturated carbocycles. The van der Waals surface area contributed by atoms with E-state index in [1.54, 1.807) is 17.7 Å². The molecular formula is C15H18N2O3. The van der Waals surface area contributed by atoms with Crippen LogP contribution in [0.1, 0.15) is 19.8 Å². The van der Waals surface area contributed by atoms with Crippen LogP contribution in [0.5, 0.6) is 0 Å². The molecule has 0 aliphatic heterocycles. The number of carbonyl (C=O) groups excluding carboxylic acids is 1. The topological polar surface area (TPSA) is 64.1 Å². The summed E-state index contributed by atoms with van der Waals surface area (Å²) in [5.41, 5.74) is 1.65. The molecule has 2 aromatic rings. The van der Waals surface area contributed by atoms with Crippen molar-refractivity contribution in [3.8, 4) is 11.3 Å². The Balaban J connectivity index is 2.07. The smallest absolute Gasteiger partial charge is 0.325 e. The van der Waals surface area contributed by atoms with Gasteiger partial charge >= 0.3 is 11.7 Å². The molecule has 0 fully saturated rings. The lowest BCUT2D eigenvalue weighted by Gasteiger charge is -2.07. The van der Waals surface area contributed by atoms with Crippen molar-refractivity contribution in [2.75, 3.05) is 6.61 Å². The van der Waals surface area contributed by atoms with Crippen LogP contribution in [0.2, 0.25) is 0 Å². The molecular weight excluding hydrogens is 256 g/mol. The van der Waals surface area contributed by atoms with E-state index in [4.69, 9.17) is 4.74 Å². The van der Waals surface area contributed by atoms with Crippen LogP contribution in [0.25, 0.3) is 11.3 Å². The number of esters is 1. The summed E-state index contributed by atoms with van der Waals surface area (Å²) in [5.74, 6) is -0.225. The maximum Gasteiger partial charge on any atom is 0.325 e. The molecule has 1 aromatic heterocycles. The van der Waals surface area contributed by atoms with Crippen LogP contribution in [0.4, 0.5) is 0 Å². The van der Waals surface area contributed by atoms with Crippen LogP contribution in [-0.2, 0) is 16.1 Å². The standard InChI is InChI=1S/C15H18N2O3/c1-2-20-14(18)9-6-10-17-13(11-16-15(17)19)12-7-4-3-5-8-12/h3-5,7-8,11H,2,6,9-10H2,1H3,(H,16,19). The van der Waals surface area contributed by atoms with E-state index in [0.29, 0.717) is 26.0 Å². The minimum absolute atomic E-state index is 0.160. The van der Waals surface area contributed by atoms with E-state index >= 15 is 0 Å². The monoisotopic (exact) mass is 274 g/mol. The Morgan fingerprint density at radius 1 is 1.30 bits per heavy atom. The average Bonchev–Trinajstić information content (AvgIpc) is 2.82. The molecule has 1 N–H and O–H groups in total. The second-order valence-electron chi connectivity index (χ2n) is 4.41. The molecule has 0 spiro atoms. The van der Waals surface area contributed by atoms with E-state index in [-0.39, 0.29) is 11.7 Å². The molecule has 0 unspecified atom stereocenters. The highest BCUT2D eigenvalue weighted by Crippen LogP contribution is 2.17. The maximum absolute atomic E-state index is 11.8. The van der Waals surface area contributed by atoms with E-state index < -0.39 is 0 Å². The molecule has 0 radical (unpaired) electrons. The van der Waals surface area contributed by atoms with Gasteiger partial charge in [-0.2, -0.15) is 0 Å². The number of hydrogen-bond acceptors (Lipinski definition) is 3. The summed E-state index contributed by atoms with van der Waals surface area (Å²) in [6.07, 6.45) is 2.60. The Hall–Kier alpha value is -2.30. The lowest BCUT2D eigenvalue weighted by Crippen LogP contribution is -2.18. The summed E-state index contributed by atoms with van der Waals surface area (Å²) in [6.45, 7) is 2.66. The zero-order chi connectivity index (χ0) is 14.4. The molecule has 20 heavy (non-hydrogen) atoms. The molecule has 0 bridgehead atoms. The number of H-pyrrole nitrogens is 1. The first-order valence-electron chi connectivity index (χ1n) is 6.71. The lowest BCUT2D eigenvalue weighted by atomic mass is 10.1. The zero-order valence-corrected chi connectivity index (χ0v) is 11.5. The highest BCUT2D eigenvalue weighted by Gasteiger charge is 2.09. The van der Waals surface area contributed by atoms with Crippen LogP contribution >= 0.6 is 0 Å². The molecule has 0 amide bonds. The van der Waals surface area contributed by atoms with E-state index in [9.17, 15) is 9.59 Å². The number of imidazole rings is 1. The first kappa shape index (κ1) is 14.1. The number of hydrogen-bond donors (Lipinski definition) is 1. The number of aromatic nitrogens is 2. The molecule has 0 saturated heterocycles. The fraction of sp³-hybridized carbons (Fsp3) is 0.333. The highest BCUT2D eigenvalue weighted by atomic mass is 16.5. The predicted octanol–water partition coefficient (Wildman–Crippen LogP) is 2.19. The summed E-state index contributed by atoms with van der Waals surface area (Å²) < 4.78 is 6.52. The van der Waals surface area contributed by atoms with Gasteiger partial charge in [-0.05, 0) is 18.9 Å². The van der Waals surface area contributed by atoms with Gasteiger partial charge in [0.1, 0.15) is 0 Å². The maximum atomic E-state index is 11.8. The molecule has 1 heterocycles. The van der Waals surface area contributed by atoms with Crippen molar-refractivity contribution in [3.05, 3.63) is 47.0 Å². The van der Waals surface area contributed by atoms with E-state index in [0.717, 1.165) is 11.3 Å². The van der Waals surface area contributed by atoms with Crippen molar-refractivity contribution in [3.63, 3.8) is 0 Å². The molecule has 106 valence electrons. The van der Waals surface area contributed by atoms with Gasteiger partial charge in [0, 0.05) is 19.2 Å². The van der Waals surface area contributed by atoms with E-state index in [1.807, 2.05) is 30.3 Å². The lowest BCUT2D eigenvalue weighted by molar-refractivity contribution is -0.143. The Labute approximate surface area is 117 Å². The van der Waals surface area contributed by atoms with Gasteiger partial charge in [-0.15, -0.1) is 0 Å². The second kappa shape index (κ2) is 6.75. The van der Waals surface area contributed by atoms with Crippen LogP contribution in [-0.4, -0.2) is 22.1 Å². The number of nitrogens with zero attached hydrogens (tertiary/aromatic N) is 1. The van der Waals surface area contributed by atoms with Crippen LogP contribution in [0.15, 0.2) is 41.3 Å². The van der Waals surface area contributed by atoms with Crippen molar-refractivity contribution in [1.82, 2.24) is 9.55 Å². The molecule has 1 aromatic carbocycles. The predicted molar refractivity (Wildman–Crippen MR) is 76.4 cm³/mol. The zero-order valence-electron chi connectivity index (χ0n) is 11.5. The SMILES string of the molecule is CCOC(=O)CCCn1c(-c2ccccc2)c[nH]c1=O. The molecule has 5 nitrogen and oxygen atoms in total. The quantitative estimate of drug-likeness (QED) is 0.821. The van der Waals surface area contributed by atoms with Gasteiger partial charge in [0.25, 0.3) is 0 Å². The van der Waals surface area contributed by atoms with Gasteiger partial charge in [0.05, 0.1) is 12.3 Å². The summed E-state index contributed by atoms with van der Waals surface area (Å²) >= 11 is 0. The average molecular weight is 274 g/mol. The third-order valence-corrected chi connectivity index (χ3v) is 3.01. The van der Waals surface area contributed by atoms with Crippen molar-refractivity contribution in [2.24, 2.45) is 0 Å². The number of carbonyl (C=O) groups is 1. The third-order valence-electron chi connectivity index (χ3n) is 3.01. The van der Waals surface area contributed by atoms with Crippen molar-refractivity contribution >= 4 is 5.97 Å². The van der Waals surface area contributed by atoms with Crippen molar-refractivity contribution < 1.29 is 9.53 Å². The normalized spacial score (nSPS) is 10.4. The summed E-state index contributed by atoms with van der Waals surface area (Å²) in [5, 5.41) is 0. The first-order chi connectivity index (χ1) is 9.72. The Morgan fingerprint density at radius 2 is 2.05 bits per heavy atom. The number of rotatable bonds is 6. The molecule has 0 aliphatic rings. The largest absolute Gasteiger partial charge is 0.466 e. The van der Waals surface area contributed by atoms with Gasteiger partial charge in [0.15, 0.2) is 0 Å². The molecule has 2 rings (SSSR count). The van der Waals surface area contributed by atoms with Crippen LogP contribution in [0.3, 0.4) is 0 Å². The number of nitrogens with one attached hydrogen (secondary N) is 1. The van der Waals surface area contributed by atoms with Gasteiger partial charge in [-0.1, -0.05) is 30.3 Å². The molecule has 0 atom stereocenters. The van der Waals surface area contributed by atoms with Crippen LogP contribution < -0.4 is 5.69 Å². The van der Waals surface area contributed by atoms with Gasteiger partial charge in [-0.3, -0.25) is 9.36 Å². The molecule has 0 aliphatic carbocycles. The van der Waals surface area contributed by atoms with Gasteiger partial charge in [-0.25, -0.2) is 4.79 Å². The third kappa shape index (κ3) is 3.38. The van der Waals surface area contributed by atoms with Crippen LogP contribution in [0, 0.1) is 0 Å². The number of benzene rings is 1. The fourth-order valence-corrected chi connectivity index (χ4v) is 2.08. The van der Waals surface area contributed by atoms with Crippen molar-refractivity contribution in [1.29, 1.82) is 0 Å². The van der Waals surface area contributed by atoms with Gasteiger partial charge < -0.3 is 9.72 Å². The highest BCUT2D eigenvalue weighted by molar-refractivity contribution is 5.69. The first-order valence-corrected chi connectivity index (χ1v) is 6.71. The van der Waals surface area contributed by atoms with Crippen molar-refractivity contribution in [2.45, 2.75) is 26.3 Å². The van der Waals surface area contributed by atoms with E-state index in [2.05, 4.69) is 4.98 Å². The van der Waals surface area contributed by atoms with Gasteiger partial charge in [0.2, 0.25) is 0 Å². The Morgan fingerprint density at radius 3 is 2.75 bits per heavy atom. The Bertz CT molecular complexity index is 614. The fourth-order valence-electron chi connectivity index (χ4n) is 2.08.